The number of hydrogen-bond acceptors (Lipinski definition) is 3. The lowest BCUT2D eigenvalue weighted by atomic mass is 10.1. The van der Waals surface area contributed by atoms with Crippen molar-refractivity contribution in [2.24, 2.45) is 0 Å². The average molecular weight is 489 g/mol. The standard InChI is InChI=1S/C27H25BrN2O2/c1-17-9-18(2)11-22(10-17)16-32-26-8-6-21(14-25(26)28)13-23(15-29)27(31)30-24-7-5-19(3)20(4)12-24/h5-14H,16H2,1-4H3,(H,30,31)/b23-13+. The van der Waals surface area contributed by atoms with E-state index in [4.69, 9.17) is 4.74 Å². The van der Waals surface area contributed by atoms with E-state index in [1.165, 1.54) is 11.1 Å². The second-order valence-corrected chi connectivity index (χ2v) is 8.75. The Morgan fingerprint density at radius 1 is 1.00 bits per heavy atom. The molecule has 5 heteroatoms. The second kappa shape index (κ2) is 10.3. The van der Waals surface area contributed by atoms with Gasteiger partial charge in [-0.05, 0) is 96.2 Å². The Kier molecular flexibility index (Phi) is 7.50. The average Bonchev–Trinajstić information content (AvgIpc) is 2.73. The van der Waals surface area contributed by atoms with E-state index >= 15 is 0 Å². The summed E-state index contributed by atoms with van der Waals surface area (Å²) in [5.74, 6) is 0.251. The summed E-state index contributed by atoms with van der Waals surface area (Å²) in [7, 11) is 0. The smallest absolute Gasteiger partial charge is 0.266 e. The van der Waals surface area contributed by atoms with Gasteiger partial charge in [-0.2, -0.15) is 5.26 Å². The largest absolute Gasteiger partial charge is 0.488 e. The lowest BCUT2D eigenvalue weighted by Gasteiger charge is -2.11. The number of carbonyl (C=O) groups is 1. The highest BCUT2D eigenvalue weighted by Gasteiger charge is 2.11. The normalized spacial score (nSPS) is 11.1. The molecule has 0 atom stereocenters. The van der Waals surface area contributed by atoms with Crippen LogP contribution in [0.25, 0.3) is 6.08 Å². The number of benzene rings is 3. The van der Waals surface area contributed by atoms with Gasteiger partial charge in [0, 0.05) is 5.69 Å². The summed E-state index contributed by atoms with van der Waals surface area (Å²) in [5.41, 5.74) is 7.14. The van der Waals surface area contributed by atoms with Gasteiger partial charge in [-0.25, -0.2) is 0 Å². The van der Waals surface area contributed by atoms with Gasteiger partial charge in [-0.1, -0.05) is 41.5 Å². The summed E-state index contributed by atoms with van der Waals surface area (Å²) in [6.45, 7) is 8.58. The fourth-order valence-electron chi connectivity index (χ4n) is 3.37. The predicted octanol–water partition coefficient (Wildman–Crippen LogP) is 6.81. The van der Waals surface area contributed by atoms with E-state index in [0.717, 1.165) is 26.7 Å². The van der Waals surface area contributed by atoms with Crippen LogP contribution in [-0.4, -0.2) is 5.91 Å². The molecule has 4 nitrogen and oxygen atoms in total. The Bertz CT molecular complexity index is 1220. The minimum atomic E-state index is -0.443. The monoisotopic (exact) mass is 488 g/mol. The van der Waals surface area contributed by atoms with Crippen LogP contribution in [0.3, 0.4) is 0 Å². The third-order valence-electron chi connectivity index (χ3n) is 5.07. The third kappa shape index (κ3) is 6.09. The number of rotatable bonds is 6. The van der Waals surface area contributed by atoms with Gasteiger partial charge < -0.3 is 10.1 Å². The first-order chi connectivity index (χ1) is 15.2. The molecule has 0 radical (unpaired) electrons. The molecule has 0 bridgehead atoms. The highest BCUT2D eigenvalue weighted by molar-refractivity contribution is 9.10. The molecule has 0 aromatic heterocycles. The highest BCUT2D eigenvalue weighted by atomic mass is 79.9. The number of ether oxygens (including phenoxy) is 1. The molecule has 0 spiro atoms. The molecule has 3 aromatic rings. The lowest BCUT2D eigenvalue weighted by molar-refractivity contribution is -0.112. The maximum atomic E-state index is 12.6. The first kappa shape index (κ1) is 23.3. The van der Waals surface area contributed by atoms with Crippen molar-refractivity contribution < 1.29 is 9.53 Å². The van der Waals surface area contributed by atoms with Crippen LogP contribution in [0.2, 0.25) is 0 Å². The summed E-state index contributed by atoms with van der Waals surface area (Å²) in [5, 5.41) is 12.3. The molecule has 162 valence electrons. The summed E-state index contributed by atoms with van der Waals surface area (Å²) >= 11 is 3.53. The Morgan fingerprint density at radius 2 is 1.72 bits per heavy atom. The zero-order valence-corrected chi connectivity index (χ0v) is 20.2. The minimum absolute atomic E-state index is 0.0269. The van der Waals surface area contributed by atoms with E-state index in [2.05, 4.69) is 53.3 Å². The number of anilines is 1. The van der Waals surface area contributed by atoms with E-state index in [9.17, 15) is 10.1 Å². The molecular weight excluding hydrogens is 464 g/mol. The van der Waals surface area contributed by atoms with Crippen molar-refractivity contribution in [2.75, 3.05) is 5.32 Å². The van der Waals surface area contributed by atoms with Gasteiger partial charge in [0.15, 0.2) is 0 Å². The zero-order chi connectivity index (χ0) is 23.3. The third-order valence-corrected chi connectivity index (χ3v) is 5.69. The van der Waals surface area contributed by atoms with Gasteiger partial charge in [0.2, 0.25) is 0 Å². The zero-order valence-electron chi connectivity index (χ0n) is 18.6. The van der Waals surface area contributed by atoms with Crippen molar-refractivity contribution in [3.63, 3.8) is 0 Å². The molecule has 1 amide bonds. The quantitative estimate of drug-likeness (QED) is 0.306. The summed E-state index contributed by atoms with van der Waals surface area (Å²) in [6, 6.07) is 19.5. The van der Waals surface area contributed by atoms with Crippen LogP contribution < -0.4 is 10.1 Å². The molecule has 0 unspecified atom stereocenters. The lowest BCUT2D eigenvalue weighted by Crippen LogP contribution is -2.13. The summed E-state index contributed by atoms with van der Waals surface area (Å²) in [4.78, 5) is 12.6. The molecule has 0 aliphatic heterocycles. The molecule has 3 rings (SSSR count). The van der Waals surface area contributed by atoms with E-state index in [1.54, 1.807) is 6.08 Å². The Hall–Kier alpha value is -3.36. The minimum Gasteiger partial charge on any atom is -0.488 e. The molecule has 0 fully saturated rings. The molecule has 32 heavy (non-hydrogen) atoms. The van der Waals surface area contributed by atoms with Crippen molar-refractivity contribution in [1.29, 1.82) is 5.26 Å². The van der Waals surface area contributed by atoms with Crippen molar-refractivity contribution in [2.45, 2.75) is 34.3 Å². The fourth-order valence-corrected chi connectivity index (χ4v) is 3.88. The van der Waals surface area contributed by atoms with Crippen LogP contribution in [0.1, 0.15) is 33.4 Å². The van der Waals surface area contributed by atoms with Gasteiger partial charge in [-0.3, -0.25) is 4.79 Å². The molecule has 1 N–H and O–H groups in total. The van der Waals surface area contributed by atoms with Crippen molar-refractivity contribution in [3.8, 4) is 11.8 Å². The van der Waals surface area contributed by atoms with E-state index in [-0.39, 0.29) is 5.57 Å². The van der Waals surface area contributed by atoms with Gasteiger partial charge in [-0.15, -0.1) is 0 Å². The number of amides is 1. The van der Waals surface area contributed by atoms with Gasteiger partial charge in [0.1, 0.15) is 24.0 Å². The summed E-state index contributed by atoms with van der Waals surface area (Å²) in [6.07, 6.45) is 1.56. The van der Waals surface area contributed by atoms with Crippen molar-refractivity contribution >= 4 is 33.6 Å². The number of aryl methyl sites for hydroxylation is 4. The number of carbonyl (C=O) groups excluding carboxylic acids is 1. The van der Waals surface area contributed by atoms with Gasteiger partial charge >= 0.3 is 0 Å². The topological polar surface area (TPSA) is 62.1 Å². The predicted molar refractivity (Wildman–Crippen MR) is 133 cm³/mol. The maximum Gasteiger partial charge on any atom is 0.266 e. The first-order valence-electron chi connectivity index (χ1n) is 10.2. The fraction of sp³-hybridized carbons (Fsp3) is 0.185. The summed E-state index contributed by atoms with van der Waals surface area (Å²) < 4.78 is 6.71. The van der Waals surface area contributed by atoms with E-state index < -0.39 is 5.91 Å². The SMILES string of the molecule is Cc1cc(C)cc(COc2ccc(/C=C(\C#N)C(=O)Nc3ccc(C)c(C)c3)cc2Br)c1. The van der Waals surface area contributed by atoms with Crippen molar-refractivity contribution in [3.05, 3.63) is 98.0 Å². The molecule has 0 heterocycles. The molecule has 0 aliphatic rings. The number of nitriles is 1. The van der Waals surface area contributed by atoms with Gasteiger partial charge in [0.05, 0.1) is 4.47 Å². The molecule has 3 aromatic carbocycles. The molecular formula is C27H25BrN2O2. The van der Waals surface area contributed by atoms with Crippen LogP contribution in [0, 0.1) is 39.0 Å². The van der Waals surface area contributed by atoms with Crippen LogP contribution in [0.15, 0.2) is 64.6 Å². The van der Waals surface area contributed by atoms with Gasteiger partial charge in [0.25, 0.3) is 5.91 Å². The molecule has 0 saturated heterocycles. The Morgan fingerprint density at radius 3 is 2.34 bits per heavy atom. The van der Waals surface area contributed by atoms with Crippen LogP contribution in [-0.2, 0) is 11.4 Å². The number of nitrogens with one attached hydrogen (secondary N) is 1. The Balaban J connectivity index is 1.72. The van der Waals surface area contributed by atoms with E-state index in [1.807, 2.05) is 56.3 Å². The van der Waals surface area contributed by atoms with Crippen LogP contribution in [0.4, 0.5) is 5.69 Å². The molecule has 0 saturated carbocycles. The molecule has 0 aliphatic carbocycles. The second-order valence-electron chi connectivity index (χ2n) is 7.90. The Labute approximate surface area is 197 Å². The first-order valence-corrected chi connectivity index (χ1v) is 11.0. The highest BCUT2D eigenvalue weighted by Crippen LogP contribution is 2.28. The number of nitrogens with zero attached hydrogens (tertiary/aromatic N) is 1. The van der Waals surface area contributed by atoms with E-state index in [0.29, 0.717) is 18.0 Å². The maximum absolute atomic E-state index is 12.6. The number of halogens is 1. The van der Waals surface area contributed by atoms with Crippen molar-refractivity contribution in [1.82, 2.24) is 0 Å². The van der Waals surface area contributed by atoms with Crippen LogP contribution >= 0.6 is 15.9 Å². The number of hydrogen-bond donors (Lipinski definition) is 1. The van der Waals surface area contributed by atoms with Crippen LogP contribution in [0.5, 0.6) is 5.75 Å².